The Morgan fingerprint density at radius 2 is 1.76 bits per heavy atom. The van der Waals surface area contributed by atoms with Gasteiger partial charge in [-0.1, -0.05) is 25.5 Å². The van der Waals surface area contributed by atoms with E-state index in [0.717, 1.165) is 0 Å². The highest BCUT2D eigenvalue weighted by atomic mass is 32.1. The van der Waals surface area contributed by atoms with Gasteiger partial charge in [0.05, 0.1) is 0 Å². The summed E-state index contributed by atoms with van der Waals surface area (Å²) in [4.78, 5) is 2.87. The molecule has 2 aromatic rings. The maximum Gasteiger partial charge on any atom is 0.0419 e. The summed E-state index contributed by atoms with van der Waals surface area (Å²) in [5.74, 6) is 0. The number of rotatable bonds is 6. The van der Waals surface area contributed by atoms with Gasteiger partial charge in [-0.05, 0) is 36.2 Å². The highest BCUT2D eigenvalue weighted by Crippen LogP contribution is 2.27. The number of hydrogen-bond acceptors (Lipinski definition) is 3. The molecule has 0 spiro atoms. The van der Waals surface area contributed by atoms with E-state index in [1.54, 1.807) is 0 Å². The first-order valence-electron chi connectivity index (χ1n) is 6.14. The van der Waals surface area contributed by atoms with Gasteiger partial charge < -0.3 is 5.32 Å². The van der Waals surface area contributed by atoms with Gasteiger partial charge in [0.1, 0.15) is 0 Å². The summed E-state index contributed by atoms with van der Waals surface area (Å²) in [5, 5.41) is 8.05. The van der Waals surface area contributed by atoms with Gasteiger partial charge in [-0.2, -0.15) is 0 Å². The van der Waals surface area contributed by atoms with E-state index in [4.69, 9.17) is 0 Å². The fourth-order valence-electron chi connectivity index (χ4n) is 2.01. The molecule has 1 nitrogen and oxygen atoms in total. The standard InChI is InChI=1S/C14H19NS2/c1-3-6-12(14-8-5-10-17-14)15-11(2)13-7-4-9-16-13/h4-5,7-12,15H,3,6H2,1-2H3. The summed E-state index contributed by atoms with van der Waals surface area (Å²) in [6.07, 6.45) is 2.42. The molecule has 2 atom stereocenters. The van der Waals surface area contributed by atoms with Crippen LogP contribution in [0.4, 0.5) is 0 Å². The van der Waals surface area contributed by atoms with Crippen molar-refractivity contribution in [2.24, 2.45) is 0 Å². The van der Waals surface area contributed by atoms with Crippen LogP contribution in [0, 0.1) is 0 Å². The fourth-order valence-corrected chi connectivity index (χ4v) is 3.57. The highest BCUT2D eigenvalue weighted by molar-refractivity contribution is 7.10. The van der Waals surface area contributed by atoms with Crippen LogP contribution in [0.15, 0.2) is 35.0 Å². The summed E-state index contributed by atoms with van der Waals surface area (Å²) in [5.41, 5.74) is 0. The summed E-state index contributed by atoms with van der Waals surface area (Å²) < 4.78 is 0. The molecule has 1 N–H and O–H groups in total. The smallest absolute Gasteiger partial charge is 0.0419 e. The maximum absolute atomic E-state index is 3.74. The molecule has 0 aromatic carbocycles. The minimum atomic E-state index is 0.439. The average Bonchev–Trinajstić information content (AvgIpc) is 3.01. The summed E-state index contributed by atoms with van der Waals surface area (Å²) in [6.45, 7) is 4.50. The van der Waals surface area contributed by atoms with Crippen molar-refractivity contribution in [2.75, 3.05) is 0 Å². The topological polar surface area (TPSA) is 12.0 Å². The van der Waals surface area contributed by atoms with E-state index in [1.165, 1.54) is 22.6 Å². The van der Waals surface area contributed by atoms with Gasteiger partial charge in [0.2, 0.25) is 0 Å². The van der Waals surface area contributed by atoms with Gasteiger partial charge in [0.15, 0.2) is 0 Å². The van der Waals surface area contributed by atoms with E-state index in [9.17, 15) is 0 Å². The van der Waals surface area contributed by atoms with Crippen molar-refractivity contribution in [3.63, 3.8) is 0 Å². The molecular formula is C14H19NS2. The zero-order valence-corrected chi connectivity index (χ0v) is 12.0. The summed E-state index contributed by atoms with van der Waals surface area (Å²) in [6, 6.07) is 9.64. The zero-order valence-electron chi connectivity index (χ0n) is 10.3. The number of thiophene rings is 2. The summed E-state index contributed by atoms with van der Waals surface area (Å²) in [7, 11) is 0. The van der Waals surface area contributed by atoms with E-state index in [0.29, 0.717) is 12.1 Å². The Morgan fingerprint density at radius 1 is 1.12 bits per heavy atom. The molecule has 0 radical (unpaired) electrons. The molecule has 0 saturated heterocycles. The van der Waals surface area contributed by atoms with Gasteiger partial charge in [-0.15, -0.1) is 22.7 Å². The van der Waals surface area contributed by atoms with Crippen molar-refractivity contribution in [1.29, 1.82) is 0 Å². The second-order valence-electron chi connectivity index (χ2n) is 4.26. The Kier molecular flexibility index (Phi) is 4.77. The molecule has 0 saturated carbocycles. The highest BCUT2D eigenvalue weighted by Gasteiger charge is 2.15. The average molecular weight is 265 g/mol. The molecule has 0 aliphatic rings. The van der Waals surface area contributed by atoms with E-state index < -0.39 is 0 Å². The lowest BCUT2D eigenvalue weighted by molar-refractivity contribution is 0.449. The van der Waals surface area contributed by atoms with Crippen molar-refractivity contribution in [1.82, 2.24) is 5.32 Å². The summed E-state index contributed by atoms with van der Waals surface area (Å²) >= 11 is 3.68. The molecule has 92 valence electrons. The SMILES string of the molecule is CCCC(NC(C)c1cccs1)c1cccs1. The number of hydrogen-bond donors (Lipinski definition) is 1. The monoisotopic (exact) mass is 265 g/mol. The molecule has 0 aliphatic carbocycles. The van der Waals surface area contributed by atoms with E-state index in [-0.39, 0.29) is 0 Å². The van der Waals surface area contributed by atoms with Gasteiger partial charge >= 0.3 is 0 Å². The minimum Gasteiger partial charge on any atom is -0.302 e. The van der Waals surface area contributed by atoms with Crippen LogP contribution in [0.1, 0.15) is 48.5 Å². The lowest BCUT2D eigenvalue weighted by Crippen LogP contribution is -2.23. The molecule has 0 amide bonds. The first kappa shape index (κ1) is 12.8. The molecule has 0 aliphatic heterocycles. The molecule has 0 bridgehead atoms. The van der Waals surface area contributed by atoms with Crippen LogP contribution < -0.4 is 5.32 Å². The Balaban J connectivity index is 2.03. The van der Waals surface area contributed by atoms with E-state index >= 15 is 0 Å². The molecule has 17 heavy (non-hydrogen) atoms. The fraction of sp³-hybridized carbons (Fsp3) is 0.429. The maximum atomic E-state index is 3.74. The zero-order chi connectivity index (χ0) is 12.1. The number of nitrogens with one attached hydrogen (secondary N) is 1. The molecular weight excluding hydrogens is 246 g/mol. The molecule has 2 rings (SSSR count). The Labute approximate surface area is 112 Å². The van der Waals surface area contributed by atoms with Gasteiger partial charge in [-0.25, -0.2) is 0 Å². The Bertz CT molecular complexity index is 405. The van der Waals surface area contributed by atoms with Crippen LogP contribution in [-0.2, 0) is 0 Å². The largest absolute Gasteiger partial charge is 0.302 e. The lowest BCUT2D eigenvalue weighted by atomic mass is 10.1. The van der Waals surface area contributed by atoms with Gasteiger partial charge in [0.25, 0.3) is 0 Å². The Morgan fingerprint density at radius 3 is 2.29 bits per heavy atom. The predicted molar refractivity (Wildman–Crippen MR) is 77.8 cm³/mol. The van der Waals surface area contributed by atoms with Gasteiger partial charge in [-0.3, -0.25) is 0 Å². The molecule has 2 unspecified atom stereocenters. The van der Waals surface area contributed by atoms with Gasteiger partial charge in [0, 0.05) is 21.8 Å². The third kappa shape index (κ3) is 3.41. The molecule has 0 fully saturated rings. The van der Waals surface area contributed by atoms with Crippen molar-refractivity contribution in [3.8, 4) is 0 Å². The normalized spacial score (nSPS) is 14.7. The first-order chi connectivity index (χ1) is 8.31. The van der Waals surface area contributed by atoms with Crippen molar-refractivity contribution in [3.05, 3.63) is 44.8 Å². The van der Waals surface area contributed by atoms with Crippen LogP contribution in [0.5, 0.6) is 0 Å². The van der Waals surface area contributed by atoms with Crippen LogP contribution in [-0.4, -0.2) is 0 Å². The van der Waals surface area contributed by atoms with E-state index in [2.05, 4.69) is 54.2 Å². The predicted octanol–water partition coefficient (Wildman–Crippen LogP) is 5.00. The minimum absolute atomic E-state index is 0.439. The first-order valence-corrected chi connectivity index (χ1v) is 7.90. The quantitative estimate of drug-likeness (QED) is 0.775. The van der Waals surface area contributed by atoms with Crippen LogP contribution in [0.3, 0.4) is 0 Å². The van der Waals surface area contributed by atoms with Crippen molar-refractivity contribution < 1.29 is 0 Å². The molecule has 2 aromatic heterocycles. The molecule has 3 heteroatoms. The van der Waals surface area contributed by atoms with Crippen LogP contribution in [0.2, 0.25) is 0 Å². The van der Waals surface area contributed by atoms with E-state index in [1.807, 2.05) is 22.7 Å². The Hall–Kier alpha value is -0.640. The second kappa shape index (κ2) is 6.34. The third-order valence-electron chi connectivity index (χ3n) is 2.89. The van der Waals surface area contributed by atoms with Crippen molar-refractivity contribution in [2.45, 2.75) is 38.8 Å². The lowest BCUT2D eigenvalue weighted by Gasteiger charge is -2.21. The second-order valence-corrected chi connectivity index (χ2v) is 6.22. The van der Waals surface area contributed by atoms with Crippen LogP contribution >= 0.6 is 22.7 Å². The molecule has 2 heterocycles. The van der Waals surface area contributed by atoms with Crippen LogP contribution in [0.25, 0.3) is 0 Å². The third-order valence-corrected chi connectivity index (χ3v) is 4.93. The van der Waals surface area contributed by atoms with Crippen molar-refractivity contribution >= 4 is 22.7 Å².